The molecule has 2 aromatic heterocycles. The van der Waals surface area contributed by atoms with Gasteiger partial charge in [0.25, 0.3) is 5.89 Å². The number of aromatic nitrogens is 4. The van der Waals surface area contributed by atoms with E-state index in [0.29, 0.717) is 18.1 Å². The van der Waals surface area contributed by atoms with Gasteiger partial charge in [0.05, 0.1) is 23.5 Å². The molecular weight excluding hydrogens is 397 g/mol. The van der Waals surface area contributed by atoms with Gasteiger partial charge in [0.2, 0.25) is 0 Å². The monoisotopic (exact) mass is 414 g/mol. The summed E-state index contributed by atoms with van der Waals surface area (Å²) in [5, 5.41) is 11.0. The molecule has 1 fully saturated rings. The molecule has 1 saturated heterocycles. The number of likely N-dealkylation sites (N-methyl/N-ethyl adjacent to an activating group) is 1. The van der Waals surface area contributed by atoms with Crippen LogP contribution in [0.2, 0.25) is 0 Å². The lowest BCUT2D eigenvalue weighted by Gasteiger charge is -2.30. The fraction of sp³-hybridized carbons (Fsp3) is 0.353. The zero-order valence-electron chi connectivity index (χ0n) is 14.8. The molecule has 7 nitrogen and oxygen atoms in total. The second kappa shape index (κ2) is 7.90. The molecule has 0 bridgehead atoms. The molecule has 28 heavy (non-hydrogen) atoms. The number of alkyl halides is 3. The average molecular weight is 415 g/mol. The van der Waals surface area contributed by atoms with Gasteiger partial charge in [-0.25, -0.2) is 4.68 Å². The highest BCUT2D eigenvalue weighted by molar-refractivity contribution is 5.85. The van der Waals surface area contributed by atoms with Crippen molar-refractivity contribution in [2.45, 2.75) is 12.2 Å². The molecule has 0 saturated carbocycles. The van der Waals surface area contributed by atoms with Crippen LogP contribution in [0.15, 0.2) is 41.1 Å². The number of nitrogens with one attached hydrogen (secondary N) is 1. The van der Waals surface area contributed by atoms with E-state index in [2.05, 4.69) is 20.6 Å². The highest BCUT2D eigenvalue weighted by Crippen LogP contribution is 2.38. The van der Waals surface area contributed by atoms with Crippen LogP contribution in [0.25, 0.3) is 17.1 Å². The maximum Gasteiger partial charge on any atom is 0.434 e. The van der Waals surface area contributed by atoms with E-state index in [1.807, 2.05) is 11.9 Å². The first-order chi connectivity index (χ1) is 12.9. The normalized spacial score (nSPS) is 18.1. The van der Waals surface area contributed by atoms with Crippen LogP contribution in [0.3, 0.4) is 0 Å². The smallest absolute Gasteiger partial charge is 0.334 e. The summed E-state index contributed by atoms with van der Waals surface area (Å²) in [5.74, 6) is 0.152. The Hall–Kier alpha value is -2.43. The molecule has 3 aromatic rings. The molecule has 0 aliphatic carbocycles. The van der Waals surface area contributed by atoms with E-state index < -0.39 is 11.9 Å². The van der Waals surface area contributed by atoms with Crippen molar-refractivity contribution in [1.82, 2.24) is 30.1 Å². The Bertz CT molecular complexity index is 927. The van der Waals surface area contributed by atoms with E-state index in [9.17, 15) is 13.2 Å². The number of piperazine rings is 1. The maximum atomic E-state index is 13.8. The molecule has 150 valence electrons. The van der Waals surface area contributed by atoms with Crippen molar-refractivity contribution >= 4 is 12.4 Å². The molecule has 0 radical (unpaired) electrons. The Kier molecular flexibility index (Phi) is 5.73. The molecule has 3 heterocycles. The second-order valence-corrected chi connectivity index (χ2v) is 6.31. The first-order valence-corrected chi connectivity index (χ1v) is 8.40. The quantitative estimate of drug-likeness (QED) is 0.710. The van der Waals surface area contributed by atoms with Crippen LogP contribution in [0.4, 0.5) is 13.2 Å². The molecule has 1 N–H and O–H groups in total. The minimum absolute atomic E-state index is 0. The molecule has 0 amide bonds. The molecular formula is C17H18ClF3N6O. The Morgan fingerprint density at radius 2 is 1.96 bits per heavy atom. The van der Waals surface area contributed by atoms with E-state index in [0.717, 1.165) is 24.0 Å². The van der Waals surface area contributed by atoms with Gasteiger partial charge in [-0.2, -0.15) is 23.3 Å². The molecule has 11 heteroatoms. The van der Waals surface area contributed by atoms with Crippen molar-refractivity contribution in [3.63, 3.8) is 0 Å². The van der Waals surface area contributed by atoms with E-state index in [-0.39, 0.29) is 29.9 Å². The van der Waals surface area contributed by atoms with Gasteiger partial charge < -0.3 is 9.84 Å². The molecule has 4 rings (SSSR count). The third kappa shape index (κ3) is 3.75. The Balaban J connectivity index is 0.00000225. The molecule has 1 aromatic carbocycles. The van der Waals surface area contributed by atoms with Crippen LogP contribution in [0.1, 0.15) is 17.6 Å². The number of rotatable bonds is 3. The first kappa shape index (κ1) is 20.3. The van der Waals surface area contributed by atoms with Gasteiger partial charge in [-0.1, -0.05) is 23.4 Å². The van der Waals surface area contributed by atoms with Crippen molar-refractivity contribution in [2.24, 2.45) is 0 Å². The van der Waals surface area contributed by atoms with Crippen LogP contribution in [-0.2, 0) is 6.18 Å². The zero-order chi connectivity index (χ0) is 19.0. The summed E-state index contributed by atoms with van der Waals surface area (Å²) in [6, 6.07) is 7.96. The third-order valence-corrected chi connectivity index (χ3v) is 4.52. The molecule has 1 aliphatic heterocycles. The molecule has 1 unspecified atom stereocenters. The Morgan fingerprint density at radius 1 is 1.21 bits per heavy atom. The molecule has 1 aliphatic rings. The fourth-order valence-electron chi connectivity index (χ4n) is 3.12. The van der Waals surface area contributed by atoms with Crippen molar-refractivity contribution < 1.29 is 17.7 Å². The summed E-state index contributed by atoms with van der Waals surface area (Å²) in [7, 11) is 1.91. The third-order valence-electron chi connectivity index (χ3n) is 4.52. The summed E-state index contributed by atoms with van der Waals surface area (Å²) in [5.41, 5.74) is -0.887. The summed E-state index contributed by atoms with van der Waals surface area (Å²) >= 11 is 0. The number of halogens is 4. The summed E-state index contributed by atoms with van der Waals surface area (Å²) in [6.45, 7) is 2.22. The lowest BCUT2D eigenvalue weighted by atomic mass is 10.2. The Morgan fingerprint density at radius 3 is 2.64 bits per heavy atom. The van der Waals surface area contributed by atoms with Crippen LogP contribution >= 0.6 is 12.4 Å². The number of benzene rings is 1. The predicted molar refractivity (Wildman–Crippen MR) is 97.3 cm³/mol. The topological polar surface area (TPSA) is 72.0 Å². The van der Waals surface area contributed by atoms with Gasteiger partial charge >= 0.3 is 6.18 Å². The number of hydrogen-bond acceptors (Lipinski definition) is 6. The highest BCUT2D eigenvalue weighted by atomic mass is 35.5. The lowest BCUT2D eigenvalue weighted by molar-refractivity contribution is -0.142. The van der Waals surface area contributed by atoms with Gasteiger partial charge in [0, 0.05) is 19.6 Å². The van der Waals surface area contributed by atoms with E-state index in [1.165, 1.54) is 0 Å². The van der Waals surface area contributed by atoms with Gasteiger partial charge in [-0.05, 0) is 19.2 Å². The van der Waals surface area contributed by atoms with Crippen molar-refractivity contribution in [2.75, 3.05) is 26.7 Å². The lowest BCUT2D eigenvalue weighted by Crippen LogP contribution is -2.44. The van der Waals surface area contributed by atoms with Gasteiger partial charge in [-0.3, -0.25) is 4.90 Å². The van der Waals surface area contributed by atoms with E-state index in [4.69, 9.17) is 4.52 Å². The first-order valence-electron chi connectivity index (χ1n) is 8.40. The van der Waals surface area contributed by atoms with Crippen LogP contribution in [0.5, 0.6) is 0 Å². The second-order valence-electron chi connectivity index (χ2n) is 6.31. The summed E-state index contributed by atoms with van der Waals surface area (Å²) in [4.78, 5) is 6.25. The Labute approximate surface area is 164 Å². The van der Waals surface area contributed by atoms with Crippen molar-refractivity contribution in [3.05, 3.63) is 48.0 Å². The molecule has 1 atom stereocenters. The van der Waals surface area contributed by atoms with Crippen LogP contribution in [0, 0.1) is 0 Å². The predicted octanol–water partition coefficient (Wildman–Crippen LogP) is 2.94. The maximum absolute atomic E-state index is 13.8. The zero-order valence-corrected chi connectivity index (χ0v) is 15.7. The molecule has 0 spiro atoms. The minimum atomic E-state index is -4.64. The number of para-hydroxylation sites is 1. The van der Waals surface area contributed by atoms with Crippen molar-refractivity contribution in [3.8, 4) is 17.1 Å². The van der Waals surface area contributed by atoms with Gasteiger partial charge in [0.15, 0.2) is 11.5 Å². The van der Waals surface area contributed by atoms with Crippen LogP contribution in [-0.4, -0.2) is 51.5 Å². The minimum Gasteiger partial charge on any atom is -0.334 e. The van der Waals surface area contributed by atoms with Gasteiger partial charge in [0.1, 0.15) is 0 Å². The van der Waals surface area contributed by atoms with Crippen molar-refractivity contribution in [1.29, 1.82) is 0 Å². The largest absolute Gasteiger partial charge is 0.434 e. The fourth-order valence-corrected chi connectivity index (χ4v) is 3.12. The van der Waals surface area contributed by atoms with E-state index in [1.54, 1.807) is 30.3 Å². The SMILES string of the molecule is CN1CCNCC1c1noc(-c2cnn(-c3ccccc3)c2C(F)(F)F)n1.Cl. The van der Waals surface area contributed by atoms with Crippen LogP contribution < -0.4 is 5.32 Å². The highest BCUT2D eigenvalue weighted by Gasteiger charge is 2.40. The number of hydrogen-bond donors (Lipinski definition) is 1. The average Bonchev–Trinajstić information content (AvgIpc) is 3.29. The number of nitrogens with zero attached hydrogens (tertiary/aromatic N) is 5. The summed E-state index contributed by atoms with van der Waals surface area (Å²) in [6.07, 6.45) is -3.53. The standard InChI is InChI=1S/C17H17F3N6O.ClH/c1-25-8-7-21-10-13(25)15-23-16(27-24-15)12-9-22-26(14(12)17(18,19)20)11-5-3-2-4-6-11;/h2-6,9,13,21H,7-8,10H2,1H3;1H. The van der Waals surface area contributed by atoms with Gasteiger partial charge in [-0.15, -0.1) is 12.4 Å². The summed E-state index contributed by atoms with van der Waals surface area (Å²) < 4.78 is 47.3. The van der Waals surface area contributed by atoms with E-state index >= 15 is 0 Å².